The molecular formula is C16H13F2N3O5S. The first-order chi connectivity index (χ1) is 12.7. The number of carbonyl (C=O) groups is 1. The second-order valence-corrected chi connectivity index (χ2v) is 7.60. The van der Waals surface area contributed by atoms with E-state index in [1.54, 1.807) is 0 Å². The van der Waals surface area contributed by atoms with Gasteiger partial charge >= 0.3 is 5.69 Å². The molecule has 0 aliphatic heterocycles. The summed E-state index contributed by atoms with van der Waals surface area (Å²) in [5.41, 5.74) is -1.08. The molecule has 27 heavy (non-hydrogen) atoms. The van der Waals surface area contributed by atoms with Gasteiger partial charge in [0.2, 0.25) is 15.8 Å². The van der Waals surface area contributed by atoms with Crippen molar-refractivity contribution in [2.24, 2.45) is 0 Å². The van der Waals surface area contributed by atoms with E-state index < -0.39 is 43.1 Å². The van der Waals surface area contributed by atoms with Crippen molar-refractivity contribution in [2.45, 2.75) is 23.8 Å². The second kappa shape index (κ2) is 7.00. The molecule has 2 aromatic rings. The van der Waals surface area contributed by atoms with E-state index in [0.717, 1.165) is 36.4 Å². The molecular weight excluding hydrogens is 384 g/mol. The SMILES string of the molecule is O=C(Nc1ccc(F)c([N+](=O)[O-])c1)c1ccc(F)c(S(=O)(=O)NC2CC2)c1. The third-order valence-corrected chi connectivity index (χ3v) is 5.32. The molecule has 1 aliphatic rings. The average molecular weight is 397 g/mol. The van der Waals surface area contributed by atoms with Crippen LogP contribution in [-0.4, -0.2) is 25.3 Å². The predicted molar refractivity (Wildman–Crippen MR) is 90.8 cm³/mol. The molecule has 0 spiro atoms. The number of carbonyl (C=O) groups excluding carboxylic acids is 1. The number of halogens is 2. The Morgan fingerprint density at radius 2 is 1.78 bits per heavy atom. The predicted octanol–water partition coefficient (Wildman–Crippen LogP) is 2.57. The summed E-state index contributed by atoms with van der Waals surface area (Å²) in [7, 11) is -4.12. The molecule has 1 saturated carbocycles. The number of hydrogen-bond donors (Lipinski definition) is 2. The topological polar surface area (TPSA) is 118 Å². The van der Waals surface area contributed by atoms with E-state index in [9.17, 15) is 32.1 Å². The van der Waals surface area contributed by atoms with Gasteiger partial charge in [-0.15, -0.1) is 0 Å². The first kappa shape index (κ1) is 18.9. The molecule has 0 radical (unpaired) electrons. The Balaban J connectivity index is 1.86. The lowest BCUT2D eigenvalue weighted by molar-refractivity contribution is -0.387. The van der Waals surface area contributed by atoms with Gasteiger partial charge in [-0.25, -0.2) is 17.5 Å². The largest absolute Gasteiger partial charge is 0.322 e. The number of nitrogens with zero attached hydrogens (tertiary/aromatic N) is 1. The molecule has 0 heterocycles. The fraction of sp³-hybridized carbons (Fsp3) is 0.188. The van der Waals surface area contributed by atoms with Crippen LogP contribution in [0, 0.1) is 21.7 Å². The van der Waals surface area contributed by atoms with Crippen molar-refractivity contribution in [3.63, 3.8) is 0 Å². The van der Waals surface area contributed by atoms with Gasteiger partial charge in [0.05, 0.1) is 4.92 Å². The molecule has 1 aliphatic carbocycles. The van der Waals surface area contributed by atoms with E-state index in [0.29, 0.717) is 12.8 Å². The standard InChI is InChI=1S/C16H13F2N3O5S/c17-12-6-4-11(8-14(12)21(23)24)19-16(22)9-1-5-13(18)15(7-9)27(25,26)20-10-2-3-10/h1,4-8,10,20H,2-3H2,(H,19,22). The minimum Gasteiger partial charge on any atom is -0.322 e. The van der Waals surface area contributed by atoms with Crippen LogP contribution in [0.15, 0.2) is 41.3 Å². The highest BCUT2D eigenvalue weighted by atomic mass is 32.2. The van der Waals surface area contributed by atoms with Gasteiger partial charge in [-0.1, -0.05) is 0 Å². The molecule has 0 atom stereocenters. The maximum Gasteiger partial charge on any atom is 0.306 e. The second-order valence-electron chi connectivity index (χ2n) is 5.92. The first-order valence-corrected chi connectivity index (χ1v) is 9.23. The van der Waals surface area contributed by atoms with Crippen LogP contribution in [-0.2, 0) is 10.0 Å². The van der Waals surface area contributed by atoms with Crippen molar-refractivity contribution >= 4 is 27.3 Å². The minimum absolute atomic E-state index is 0.0714. The van der Waals surface area contributed by atoms with E-state index >= 15 is 0 Å². The summed E-state index contributed by atoms with van der Waals surface area (Å²) < 4.78 is 54.0. The van der Waals surface area contributed by atoms with Crippen molar-refractivity contribution in [1.82, 2.24) is 4.72 Å². The Morgan fingerprint density at radius 1 is 1.11 bits per heavy atom. The number of amides is 1. The summed E-state index contributed by atoms with van der Waals surface area (Å²) in [6.45, 7) is 0. The summed E-state index contributed by atoms with van der Waals surface area (Å²) in [6, 6.07) is 5.27. The number of benzene rings is 2. The summed E-state index contributed by atoms with van der Waals surface area (Å²) in [5.74, 6) is -2.92. The smallest absolute Gasteiger partial charge is 0.306 e. The van der Waals surface area contributed by atoms with Crippen LogP contribution in [0.5, 0.6) is 0 Å². The molecule has 1 fully saturated rings. The van der Waals surface area contributed by atoms with E-state index in [-0.39, 0.29) is 17.3 Å². The monoisotopic (exact) mass is 397 g/mol. The number of nitrogens with one attached hydrogen (secondary N) is 2. The zero-order valence-corrected chi connectivity index (χ0v) is 14.4. The maximum absolute atomic E-state index is 13.9. The molecule has 0 saturated heterocycles. The van der Waals surface area contributed by atoms with Gasteiger partial charge in [-0.2, -0.15) is 4.39 Å². The van der Waals surface area contributed by atoms with Gasteiger partial charge in [0.25, 0.3) is 5.91 Å². The summed E-state index contributed by atoms with van der Waals surface area (Å²) in [4.78, 5) is 21.4. The highest BCUT2D eigenvalue weighted by Crippen LogP contribution is 2.25. The van der Waals surface area contributed by atoms with Crippen LogP contribution in [0.3, 0.4) is 0 Å². The molecule has 0 bridgehead atoms. The van der Waals surface area contributed by atoms with Crippen molar-refractivity contribution in [1.29, 1.82) is 0 Å². The summed E-state index contributed by atoms with van der Waals surface area (Å²) in [5, 5.41) is 13.0. The quantitative estimate of drug-likeness (QED) is 0.574. The summed E-state index contributed by atoms with van der Waals surface area (Å²) >= 11 is 0. The lowest BCUT2D eigenvalue weighted by Gasteiger charge is -2.10. The number of nitro groups is 1. The normalized spacial score (nSPS) is 14.0. The van der Waals surface area contributed by atoms with E-state index in [2.05, 4.69) is 10.0 Å². The minimum atomic E-state index is -4.12. The first-order valence-electron chi connectivity index (χ1n) is 7.74. The van der Waals surface area contributed by atoms with Gasteiger partial charge in [0.15, 0.2) is 0 Å². The highest BCUT2D eigenvalue weighted by Gasteiger charge is 2.30. The third-order valence-electron chi connectivity index (χ3n) is 3.78. The lowest BCUT2D eigenvalue weighted by atomic mass is 10.2. The van der Waals surface area contributed by atoms with Crippen LogP contribution in [0.2, 0.25) is 0 Å². The number of nitro benzene ring substituents is 1. The fourth-order valence-electron chi connectivity index (χ4n) is 2.27. The molecule has 2 N–H and O–H groups in total. The van der Waals surface area contributed by atoms with Gasteiger partial charge in [-0.05, 0) is 43.2 Å². The van der Waals surface area contributed by atoms with Gasteiger partial charge in [-0.3, -0.25) is 14.9 Å². The zero-order chi connectivity index (χ0) is 19.8. The highest BCUT2D eigenvalue weighted by molar-refractivity contribution is 7.89. The molecule has 0 unspecified atom stereocenters. The Bertz CT molecular complexity index is 1040. The number of rotatable bonds is 6. The third kappa shape index (κ3) is 4.26. The van der Waals surface area contributed by atoms with Gasteiger partial charge < -0.3 is 5.32 Å². The Hall–Kier alpha value is -2.92. The van der Waals surface area contributed by atoms with E-state index in [4.69, 9.17) is 0 Å². The average Bonchev–Trinajstić information content (AvgIpc) is 3.39. The van der Waals surface area contributed by atoms with E-state index in [1.807, 2.05) is 0 Å². The molecule has 0 aromatic heterocycles. The fourth-order valence-corrected chi connectivity index (χ4v) is 3.68. The van der Waals surface area contributed by atoms with Crippen molar-refractivity contribution in [2.75, 3.05) is 5.32 Å². The van der Waals surface area contributed by atoms with Crippen molar-refractivity contribution in [3.8, 4) is 0 Å². The van der Waals surface area contributed by atoms with Crippen LogP contribution in [0.25, 0.3) is 0 Å². The molecule has 142 valence electrons. The lowest BCUT2D eigenvalue weighted by Crippen LogP contribution is -2.27. The number of sulfonamides is 1. The molecule has 1 amide bonds. The van der Waals surface area contributed by atoms with Crippen molar-refractivity contribution < 1.29 is 26.9 Å². The van der Waals surface area contributed by atoms with Crippen LogP contribution >= 0.6 is 0 Å². The van der Waals surface area contributed by atoms with Gasteiger partial charge in [0, 0.05) is 23.4 Å². The van der Waals surface area contributed by atoms with E-state index in [1.165, 1.54) is 0 Å². The zero-order valence-electron chi connectivity index (χ0n) is 13.6. The summed E-state index contributed by atoms with van der Waals surface area (Å²) in [6.07, 6.45) is 1.31. The molecule has 3 rings (SSSR count). The Morgan fingerprint density at radius 3 is 2.41 bits per heavy atom. The van der Waals surface area contributed by atoms with Crippen LogP contribution in [0.1, 0.15) is 23.2 Å². The van der Waals surface area contributed by atoms with Crippen LogP contribution in [0.4, 0.5) is 20.2 Å². The molecule has 2 aromatic carbocycles. The number of anilines is 1. The Labute approximate surface area is 152 Å². The maximum atomic E-state index is 13.9. The van der Waals surface area contributed by atoms with Gasteiger partial charge in [0.1, 0.15) is 10.7 Å². The van der Waals surface area contributed by atoms with Crippen molar-refractivity contribution in [3.05, 3.63) is 63.7 Å². The Kier molecular flexibility index (Phi) is 4.89. The van der Waals surface area contributed by atoms with Crippen LogP contribution < -0.4 is 10.0 Å². The molecule has 11 heteroatoms. The number of hydrogen-bond acceptors (Lipinski definition) is 5. The molecule has 8 nitrogen and oxygen atoms in total.